The minimum Gasteiger partial charge on any atom is -0.501 e. The molecule has 0 aliphatic rings. The summed E-state index contributed by atoms with van der Waals surface area (Å²) in [6, 6.07) is 50.6. The van der Waals surface area contributed by atoms with Gasteiger partial charge in [0.05, 0.1) is 13.7 Å². The Hall–Kier alpha value is -4.93. The summed E-state index contributed by atoms with van der Waals surface area (Å²) in [5.41, 5.74) is 13.1. The first-order chi connectivity index (χ1) is 24.2. The molecule has 0 amide bonds. The second-order valence-corrected chi connectivity index (χ2v) is 18.9. The molecule has 1 radical (unpaired) electrons. The van der Waals surface area contributed by atoms with Gasteiger partial charge < -0.3 is 14.4 Å². The minimum atomic E-state index is -1.47. The molecular weight excluding hydrogens is 817 g/mol. The van der Waals surface area contributed by atoms with Gasteiger partial charge in [0.15, 0.2) is 0 Å². The van der Waals surface area contributed by atoms with E-state index in [1.165, 1.54) is 38.6 Å². The fraction of sp³-hybridized carbons (Fsp3) is 0.130. The molecule has 5 aromatic carbocycles. The summed E-state index contributed by atoms with van der Waals surface area (Å²) in [4.78, 5) is 9.41. The zero-order chi connectivity index (χ0) is 34.7. The standard InChI is InChI=1S/C25H18NO.C21H22NSi.Ir/c1-17-16-26-23(15-19(17)14-18-8-3-2-4-9-18)22-12-7-11-21-20-10-5-6-13-24(20)27-25(21)22;1-16-10-12-18(13-11-16)20-14-19(17-8-6-5-7-9-17)21(15-22-20)23(2,3)4;/h2-11,13,15-16H,14H2,1H3;5-12,14-15H,1-4H3;/q2*-1;. The average molecular weight is 857 g/mol. The molecule has 3 heterocycles. The Bertz CT molecular complexity index is 2400. The molecule has 255 valence electrons. The number of para-hydroxylation sites is 1. The Morgan fingerprint density at radius 3 is 2.12 bits per heavy atom. The molecular formula is C46H40IrN2OSi-2. The van der Waals surface area contributed by atoms with E-state index >= 15 is 0 Å². The average Bonchev–Trinajstić information content (AvgIpc) is 3.52. The van der Waals surface area contributed by atoms with E-state index in [1.54, 1.807) is 0 Å². The zero-order valence-electron chi connectivity index (χ0n) is 29.6. The third kappa shape index (κ3) is 8.02. The van der Waals surface area contributed by atoms with Crippen LogP contribution in [-0.4, -0.2) is 18.0 Å². The Morgan fingerprint density at radius 1 is 0.686 bits per heavy atom. The number of nitrogens with zero attached hydrogens (tertiary/aromatic N) is 2. The number of rotatable bonds is 6. The van der Waals surface area contributed by atoms with Gasteiger partial charge in [-0.3, -0.25) is 0 Å². The number of benzene rings is 5. The van der Waals surface area contributed by atoms with Crippen LogP contribution in [0, 0.1) is 26.0 Å². The van der Waals surface area contributed by atoms with Crippen molar-refractivity contribution in [3.63, 3.8) is 0 Å². The summed E-state index contributed by atoms with van der Waals surface area (Å²) < 4.78 is 6.16. The van der Waals surface area contributed by atoms with Crippen LogP contribution in [0.1, 0.15) is 22.3 Å². The van der Waals surface area contributed by atoms with Crippen LogP contribution in [0.3, 0.4) is 0 Å². The predicted molar refractivity (Wildman–Crippen MR) is 211 cm³/mol. The van der Waals surface area contributed by atoms with Gasteiger partial charge in [0.1, 0.15) is 5.58 Å². The first-order valence-electron chi connectivity index (χ1n) is 17.1. The van der Waals surface area contributed by atoms with Crippen molar-refractivity contribution in [2.45, 2.75) is 39.9 Å². The number of furan rings is 1. The summed E-state index contributed by atoms with van der Waals surface area (Å²) in [6.07, 6.45) is 4.92. The number of aryl methyl sites for hydroxylation is 2. The van der Waals surface area contributed by atoms with Crippen molar-refractivity contribution in [2.75, 3.05) is 0 Å². The smallest absolute Gasteiger partial charge is 0.120 e. The van der Waals surface area contributed by atoms with Gasteiger partial charge in [-0.25, -0.2) is 0 Å². The fourth-order valence-corrected chi connectivity index (χ4v) is 7.78. The molecule has 3 aromatic heterocycles. The molecule has 0 saturated heterocycles. The van der Waals surface area contributed by atoms with Gasteiger partial charge in [-0.05, 0) is 63.8 Å². The molecule has 5 heteroatoms. The van der Waals surface area contributed by atoms with Crippen LogP contribution in [0.25, 0.3) is 55.6 Å². The SMILES string of the molecule is Cc1c[c-]c(-c2cc(-c3ccccc3)c([Si](C)(C)C)cn2)cc1.Cc1cnc(-c2[c-]ccc3c2oc2ccccc23)cc1Cc1ccccc1.[Ir]. The van der Waals surface area contributed by atoms with E-state index in [0.717, 1.165) is 50.9 Å². The van der Waals surface area contributed by atoms with E-state index in [0.29, 0.717) is 0 Å². The van der Waals surface area contributed by atoms with Crippen molar-refractivity contribution in [1.29, 1.82) is 0 Å². The monoisotopic (exact) mass is 857 g/mol. The summed E-state index contributed by atoms with van der Waals surface area (Å²) in [5.74, 6) is 0. The van der Waals surface area contributed by atoms with Crippen molar-refractivity contribution in [3.05, 3.63) is 174 Å². The Labute approximate surface area is 315 Å². The van der Waals surface area contributed by atoms with E-state index in [9.17, 15) is 0 Å². The molecule has 0 spiro atoms. The number of aromatic nitrogens is 2. The van der Waals surface area contributed by atoms with Crippen LogP contribution < -0.4 is 5.19 Å². The topological polar surface area (TPSA) is 38.9 Å². The molecule has 0 atom stereocenters. The van der Waals surface area contributed by atoms with Gasteiger partial charge in [0, 0.05) is 37.9 Å². The van der Waals surface area contributed by atoms with Gasteiger partial charge in [0.25, 0.3) is 0 Å². The van der Waals surface area contributed by atoms with E-state index in [-0.39, 0.29) is 20.1 Å². The predicted octanol–water partition coefficient (Wildman–Crippen LogP) is 11.4. The normalized spacial score (nSPS) is 11.2. The van der Waals surface area contributed by atoms with Gasteiger partial charge in [0.2, 0.25) is 0 Å². The summed E-state index contributed by atoms with van der Waals surface area (Å²) in [7, 11) is -1.47. The van der Waals surface area contributed by atoms with Crippen molar-refractivity contribution >= 4 is 35.2 Å². The quantitative estimate of drug-likeness (QED) is 0.124. The van der Waals surface area contributed by atoms with Crippen LogP contribution >= 0.6 is 0 Å². The number of hydrogen-bond donors (Lipinski definition) is 0. The van der Waals surface area contributed by atoms with Gasteiger partial charge in [-0.2, -0.15) is 0 Å². The van der Waals surface area contributed by atoms with Crippen LogP contribution in [-0.2, 0) is 26.5 Å². The third-order valence-corrected chi connectivity index (χ3v) is 11.1. The minimum absolute atomic E-state index is 0. The Kier molecular flexibility index (Phi) is 10.9. The largest absolute Gasteiger partial charge is 0.501 e. The van der Waals surface area contributed by atoms with Crippen LogP contribution in [0.4, 0.5) is 0 Å². The zero-order valence-corrected chi connectivity index (χ0v) is 33.0. The van der Waals surface area contributed by atoms with Crippen molar-refractivity contribution in [2.24, 2.45) is 0 Å². The molecule has 8 aromatic rings. The van der Waals surface area contributed by atoms with Crippen LogP contribution in [0.2, 0.25) is 19.6 Å². The Morgan fingerprint density at radius 2 is 1.39 bits per heavy atom. The molecule has 0 bridgehead atoms. The molecule has 0 aliphatic heterocycles. The van der Waals surface area contributed by atoms with Crippen molar-refractivity contribution < 1.29 is 24.5 Å². The Balaban J connectivity index is 0.000000175. The number of pyridine rings is 2. The number of hydrogen-bond acceptors (Lipinski definition) is 3. The summed E-state index contributed by atoms with van der Waals surface area (Å²) in [5, 5.41) is 3.63. The van der Waals surface area contributed by atoms with Crippen LogP contribution in [0.5, 0.6) is 0 Å². The van der Waals surface area contributed by atoms with E-state index < -0.39 is 8.07 Å². The first kappa shape index (κ1) is 35.9. The molecule has 0 unspecified atom stereocenters. The molecule has 0 N–H and O–H groups in total. The molecule has 51 heavy (non-hydrogen) atoms. The second-order valence-electron chi connectivity index (χ2n) is 13.9. The molecule has 3 nitrogen and oxygen atoms in total. The van der Waals surface area contributed by atoms with E-state index in [4.69, 9.17) is 9.40 Å². The van der Waals surface area contributed by atoms with Gasteiger partial charge >= 0.3 is 0 Å². The first-order valence-corrected chi connectivity index (χ1v) is 20.6. The van der Waals surface area contributed by atoms with Gasteiger partial charge in [-0.15, -0.1) is 53.6 Å². The molecule has 8 rings (SSSR count). The van der Waals surface area contributed by atoms with Gasteiger partial charge in [-0.1, -0.05) is 129 Å². The molecule has 0 aliphatic carbocycles. The van der Waals surface area contributed by atoms with E-state index in [1.807, 2.05) is 42.6 Å². The number of fused-ring (bicyclic) bond motifs is 3. The maximum Gasteiger partial charge on any atom is 0.120 e. The molecule has 0 fully saturated rings. The maximum atomic E-state index is 6.16. The van der Waals surface area contributed by atoms with Crippen molar-refractivity contribution in [1.82, 2.24) is 9.97 Å². The fourth-order valence-electron chi connectivity index (χ4n) is 6.31. The second kappa shape index (κ2) is 15.5. The third-order valence-electron chi connectivity index (χ3n) is 9.09. The summed E-state index contributed by atoms with van der Waals surface area (Å²) in [6.45, 7) is 11.3. The maximum absolute atomic E-state index is 6.16. The van der Waals surface area contributed by atoms with Crippen LogP contribution in [0.15, 0.2) is 144 Å². The molecule has 0 saturated carbocycles. The van der Waals surface area contributed by atoms with E-state index in [2.05, 4.69) is 148 Å². The summed E-state index contributed by atoms with van der Waals surface area (Å²) >= 11 is 0. The van der Waals surface area contributed by atoms with Crippen molar-refractivity contribution in [3.8, 4) is 33.6 Å².